The van der Waals surface area contributed by atoms with Crippen molar-refractivity contribution in [2.75, 3.05) is 0 Å². The SMILES string of the molecule is CC.O=S(=O)(O)c1cc(O)ccc1O.[Y]. The Morgan fingerprint density at radius 3 is 1.93 bits per heavy atom. The molecule has 0 unspecified atom stereocenters. The van der Waals surface area contributed by atoms with Crippen LogP contribution in [0.15, 0.2) is 23.1 Å². The van der Waals surface area contributed by atoms with E-state index in [1.165, 1.54) is 0 Å². The first-order valence-corrected chi connectivity index (χ1v) is 5.35. The molecule has 1 rings (SSSR count). The van der Waals surface area contributed by atoms with Gasteiger partial charge in [-0.15, -0.1) is 0 Å². The van der Waals surface area contributed by atoms with Gasteiger partial charge in [-0.2, -0.15) is 8.42 Å². The standard InChI is InChI=1S/C6H6O5S.C2H6.Y/c7-4-1-2-5(8)6(3-4)12(9,10)11;1-2;/h1-3,7-8H,(H,9,10,11);1-2H3;. The molecule has 0 heterocycles. The summed E-state index contributed by atoms with van der Waals surface area (Å²) in [4.78, 5) is -0.706. The summed E-state index contributed by atoms with van der Waals surface area (Å²) >= 11 is 0. The zero-order chi connectivity index (χ0) is 11.4. The Kier molecular flexibility index (Phi) is 8.23. The van der Waals surface area contributed by atoms with E-state index in [-0.39, 0.29) is 38.5 Å². The minimum absolute atomic E-state index is 0. The molecule has 0 aromatic heterocycles. The maximum atomic E-state index is 10.5. The predicted octanol–water partition coefficient (Wildman–Crippen LogP) is 1.37. The molecule has 0 saturated heterocycles. The Bertz CT molecular complexity index is 401. The molecule has 0 aliphatic rings. The molecule has 3 N–H and O–H groups in total. The van der Waals surface area contributed by atoms with Crippen molar-refractivity contribution in [2.45, 2.75) is 18.7 Å². The van der Waals surface area contributed by atoms with Gasteiger partial charge in [0.25, 0.3) is 10.1 Å². The summed E-state index contributed by atoms with van der Waals surface area (Å²) in [5, 5.41) is 17.7. The van der Waals surface area contributed by atoms with Crippen LogP contribution >= 0.6 is 0 Å². The Morgan fingerprint density at radius 1 is 1.13 bits per heavy atom. The van der Waals surface area contributed by atoms with Gasteiger partial charge in [0.05, 0.1) is 0 Å². The van der Waals surface area contributed by atoms with Crippen molar-refractivity contribution < 1.29 is 55.9 Å². The first-order chi connectivity index (χ1) is 6.41. The summed E-state index contributed by atoms with van der Waals surface area (Å²) in [6.45, 7) is 4.00. The van der Waals surface area contributed by atoms with Crippen molar-refractivity contribution in [3.05, 3.63) is 18.2 Å². The number of benzene rings is 1. The number of phenolic OH excluding ortho intramolecular Hbond substituents is 2. The van der Waals surface area contributed by atoms with Crippen molar-refractivity contribution >= 4 is 10.1 Å². The monoisotopic (exact) mass is 309 g/mol. The molecule has 15 heavy (non-hydrogen) atoms. The number of aromatic hydroxyl groups is 2. The van der Waals surface area contributed by atoms with E-state index in [0.29, 0.717) is 0 Å². The van der Waals surface area contributed by atoms with E-state index < -0.39 is 20.8 Å². The quantitative estimate of drug-likeness (QED) is 0.538. The van der Waals surface area contributed by atoms with E-state index in [1.54, 1.807) is 0 Å². The van der Waals surface area contributed by atoms with Crippen LogP contribution in [0.1, 0.15) is 13.8 Å². The Hall–Kier alpha value is -0.166. The smallest absolute Gasteiger partial charge is 0.298 e. The molecular formula is C8H12O5SY. The molecule has 0 aliphatic heterocycles. The van der Waals surface area contributed by atoms with Gasteiger partial charge in [0.1, 0.15) is 16.4 Å². The van der Waals surface area contributed by atoms with E-state index in [9.17, 15) is 8.42 Å². The zero-order valence-corrected chi connectivity index (χ0v) is 12.0. The number of phenols is 2. The average molecular weight is 309 g/mol. The molecule has 5 nitrogen and oxygen atoms in total. The van der Waals surface area contributed by atoms with Crippen molar-refractivity contribution in [2.24, 2.45) is 0 Å². The summed E-state index contributed by atoms with van der Waals surface area (Å²) in [6.07, 6.45) is 0. The summed E-state index contributed by atoms with van der Waals surface area (Å²) in [7, 11) is -4.47. The third-order valence-electron chi connectivity index (χ3n) is 1.22. The molecule has 1 aromatic rings. The maximum Gasteiger partial charge on any atom is 0.298 e. The second kappa shape index (κ2) is 7.16. The van der Waals surface area contributed by atoms with E-state index >= 15 is 0 Å². The molecule has 7 heteroatoms. The third-order valence-corrected chi connectivity index (χ3v) is 2.10. The van der Waals surface area contributed by atoms with Gasteiger partial charge < -0.3 is 10.2 Å². The van der Waals surface area contributed by atoms with E-state index in [2.05, 4.69) is 0 Å². The molecule has 0 fully saturated rings. The van der Waals surface area contributed by atoms with Crippen LogP contribution in [0.5, 0.6) is 11.5 Å². The van der Waals surface area contributed by atoms with Crippen molar-refractivity contribution in [3.8, 4) is 11.5 Å². The summed E-state index contributed by atoms with van der Waals surface area (Å²) in [6, 6.07) is 2.83. The fourth-order valence-corrected chi connectivity index (χ4v) is 1.31. The molecule has 0 atom stereocenters. The second-order valence-electron chi connectivity index (χ2n) is 2.13. The first-order valence-electron chi connectivity index (χ1n) is 3.91. The van der Waals surface area contributed by atoms with E-state index in [4.69, 9.17) is 14.8 Å². The van der Waals surface area contributed by atoms with Gasteiger partial charge in [0.2, 0.25) is 0 Å². The minimum atomic E-state index is -4.47. The molecule has 0 bridgehead atoms. The Labute approximate surface area is 114 Å². The predicted molar refractivity (Wildman–Crippen MR) is 50.9 cm³/mol. The van der Waals surface area contributed by atoms with Gasteiger partial charge in [0, 0.05) is 38.8 Å². The third kappa shape index (κ3) is 5.46. The number of hydrogen-bond acceptors (Lipinski definition) is 4. The number of rotatable bonds is 1. The van der Waals surface area contributed by atoms with E-state index in [0.717, 1.165) is 18.2 Å². The summed E-state index contributed by atoms with van der Waals surface area (Å²) in [5.41, 5.74) is 0. The van der Waals surface area contributed by atoms with Crippen LogP contribution in [-0.4, -0.2) is 23.2 Å². The fraction of sp³-hybridized carbons (Fsp3) is 0.250. The van der Waals surface area contributed by atoms with Crippen LogP contribution in [0.2, 0.25) is 0 Å². The van der Waals surface area contributed by atoms with Gasteiger partial charge in [-0.1, -0.05) is 13.8 Å². The zero-order valence-electron chi connectivity index (χ0n) is 8.38. The molecule has 0 aliphatic carbocycles. The molecule has 0 saturated carbocycles. The van der Waals surface area contributed by atoms with Gasteiger partial charge in [-0.3, -0.25) is 4.55 Å². The van der Waals surface area contributed by atoms with Crippen LogP contribution in [0.4, 0.5) is 0 Å². The molecule has 1 aromatic carbocycles. The normalized spacial score (nSPS) is 9.53. The van der Waals surface area contributed by atoms with Crippen LogP contribution in [-0.2, 0) is 42.8 Å². The Morgan fingerprint density at radius 2 is 1.60 bits per heavy atom. The van der Waals surface area contributed by atoms with Crippen molar-refractivity contribution in [1.29, 1.82) is 0 Å². The van der Waals surface area contributed by atoms with E-state index in [1.807, 2.05) is 13.8 Å². The van der Waals surface area contributed by atoms with Crippen LogP contribution in [0.3, 0.4) is 0 Å². The maximum absolute atomic E-state index is 10.5. The van der Waals surface area contributed by atoms with Gasteiger partial charge in [-0.05, 0) is 12.1 Å². The molecule has 83 valence electrons. The van der Waals surface area contributed by atoms with Crippen LogP contribution in [0, 0.1) is 0 Å². The fourth-order valence-electron chi connectivity index (χ4n) is 0.709. The molecule has 0 spiro atoms. The molecular weight excluding hydrogens is 297 g/mol. The molecule has 1 radical (unpaired) electrons. The average Bonchev–Trinajstić information content (AvgIpc) is 2.11. The van der Waals surface area contributed by atoms with Crippen LogP contribution < -0.4 is 0 Å². The van der Waals surface area contributed by atoms with Crippen LogP contribution in [0.25, 0.3) is 0 Å². The topological polar surface area (TPSA) is 94.8 Å². The summed E-state index contributed by atoms with van der Waals surface area (Å²) in [5.74, 6) is -0.948. The van der Waals surface area contributed by atoms with Crippen molar-refractivity contribution in [1.82, 2.24) is 0 Å². The van der Waals surface area contributed by atoms with Gasteiger partial charge >= 0.3 is 0 Å². The molecule has 0 amide bonds. The Balaban J connectivity index is 0. The first kappa shape index (κ1) is 17.2. The number of hydrogen-bond donors (Lipinski definition) is 3. The summed E-state index contributed by atoms with van der Waals surface area (Å²) < 4.78 is 29.5. The largest absolute Gasteiger partial charge is 0.508 e. The van der Waals surface area contributed by atoms with Gasteiger partial charge in [0.15, 0.2) is 0 Å². The van der Waals surface area contributed by atoms with Gasteiger partial charge in [-0.25, -0.2) is 0 Å². The minimum Gasteiger partial charge on any atom is -0.508 e. The van der Waals surface area contributed by atoms with Crippen molar-refractivity contribution in [3.63, 3.8) is 0 Å². The second-order valence-corrected chi connectivity index (χ2v) is 3.52.